The molecule has 20 heavy (non-hydrogen) atoms. The lowest BCUT2D eigenvalue weighted by atomic mass is 9.98. The van der Waals surface area contributed by atoms with Crippen LogP contribution >= 0.6 is 0 Å². The number of hydrogen-bond donors (Lipinski definition) is 1. The SMILES string of the molecule is COc1ccc(OCCN2CC(C)NCC2(C)C)cc1. The standard InChI is InChI=1S/C16H26N2O2/c1-13-11-18(16(2,3)12-17-13)9-10-20-15-7-5-14(19-4)6-8-15/h5-8,13,17H,9-12H2,1-4H3. The van der Waals surface area contributed by atoms with E-state index < -0.39 is 0 Å². The number of benzene rings is 1. The molecule has 0 saturated carbocycles. The molecule has 0 aliphatic carbocycles. The molecule has 1 aliphatic heterocycles. The molecule has 1 aromatic carbocycles. The quantitative estimate of drug-likeness (QED) is 0.895. The van der Waals surface area contributed by atoms with Crippen molar-refractivity contribution in [2.75, 3.05) is 33.4 Å². The molecule has 0 aromatic heterocycles. The maximum Gasteiger partial charge on any atom is 0.119 e. The number of piperazine rings is 1. The molecular formula is C16H26N2O2. The van der Waals surface area contributed by atoms with Gasteiger partial charge in [-0.3, -0.25) is 4.90 Å². The Morgan fingerprint density at radius 3 is 2.55 bits per heavy atom. The molecule has 1 aliphatic rings. The van der Waals surface area contributed by atoms with E-state index in [4.69, 9.17) is 9.47 Å². The predicted molar refractivity (Wildman–Crippen MR) is 81.6 cm³/mol. The summed E-state index contributed by atoms with van der Waals surface area (Å²) in [4.78, 5) is 2.50. The first-order chi connectivity index (χ1) is 9.51. The molecule has 1 atom stereocenters. The highest BCUT2D eigenvalue weighted by molar-refractivity contribution is 5.31. The van der Waals surface area contributed by atoms with Crippen molar-refractivity contribution in [3.05, 3.63) is 24.3 Å². The van der Waals surface area contributed by atoms with Crippen LogP contribution in [-0.4, -0.2) is 49.8 Å². The summed E-state index contributed by atoms with van der Waals surface area (Å²) in [6.45, 7) is 10.5. The molecule has 4 nitrogen and oxygen atoms in total. The topological polar surface area (TPSA) is 33.7 Å². The minimum absolute atomic E-state index is 0.190. The number of hydrogen-bond acceptors (Lipinski definition) is 4. The Labute approximate surface area is 122 Å². The highest BCUT2D eigenvalue weighted by atomic mass is 16.5. The highest BCUT2D eigenvalue weighted by Gasteiger charge is 2.31. The molecule has 1 unspecified atom stereocenters. The Morgan fingerprint density at radius 1 is 1.25 bits per heavy atom. The molecule has 4 heteroatoms. The van der Waals surface area contributed by atoms with Crippen LogP contribution in [0, 0.1) is 0 Å². The zero-order chi connectivity index (χ0) is 14.6. The number of rotatable bonds is 5. The smallest absolute Gasteiger partial charge is 0.119 e. The average Bonchev–Trinajstić information content (AvgIpc) is 2.44. The summed E-state index contributed by atoms with van der Waals surface area (Å²) >= 11 is 0. The monoisotopic (exact) mass is 278 g/mol. The van der Waals surface area contributed by atoms with Crippen molar-refractivity contribution in [2.45, 2.75) is 32.4 Å². The average molecular weight is 278 g/mol. The van der Waals surface area contributed by atoms with E-state index >= 15 is 0 Å². The summed E-state index contributed by atoms with van der Waals surface area (Å²) in [5.41, 5.74) is 0.190. The second kappa shape index (κ2) is 6.46. The van der Waals surface area contributed by atoms with Gasteiger partial charge in [-0.1, -0.05) is 0 Å². The Morgan fingerprint density at radius 2 is 1.90 bits per heavy atom. The van der Waals surface area contributed by atoms with Gasteiger partial charge in [0.25, 0.3) is 0 Å². The van der Waals surface area contributed by atoms with E-state index in [0.717, 1.165) is 31.1 Å². The zero-order valence-corrected chi connectivity index (χ0v) is 13.0. The zero-order valence-electron chi connectivity index (χ0n) is 13.0. The van der Waals surface area contributed by atoms with Gasteiger partial charge in [0.1, 0.15) is 18.1 Å². The first kappa shape index (κ1) is 15.1. The fourth-order valence-electron chi connectivity index (χ4n) is 2.52. The molecule has 0 spiro atoms. The third-order valence-electron chi connectivity index (χ3n) is 3.92. The van der Waals surface area contributed by atoms with E-state index in [1.54, 1.807) is 7.11 Å². The molecule has 0 bridgehead atoms. The van der Waals surface area contributed by atoms with Crippen LogP contribution in [0.3, 0.4) is 0 Å². The fourth-order valence-corrected chi connectivity index (χ4v) is 2.52. The molecule has 2 rings (SSSR count). The van der Waals surface area contributed by atoms with E-state index in [1.165, 1.54) is 0 Å². The minimum atomic E-state index is 0.190. The molecule has 112 valence electrons. The van der Waals surface area contributed by atoms with Crippen molar-refractivity contribution in [3.63, 3.8) is 0 Å². The van der Waals surface area contributed by atoms with Gasteiger partial charge < -0.3 is 14.8 Å². The summed E-state index contributed by atoms with van der Waals surface area (Å²) < 4.78 is 11.0. The minimum Gasteiger partial charge on any atom is -0.497 e. The van der Waals surface area contributed by atoms with Gasteiger partial charge in [0.15, 0.2) is 0 Å². The third kappa shape index (κ3) is 3.87. The second-order valence-electron chi connectivity index (χ2n) is 6.06. The molecule has 1 heterocycles. The van der Waals surface area contributed by atoms with Gasteiger partial charge in [-0.15, -0.1) is 0 Å². The summed E-state index contributed by atoms with van der Waals surface area (Å²) in [5.74, 6) is 1.75. The van der Waals surface area contributed by atoms with Crippen LogP contribution in [-0.2, 0) is 0 Å². The number of nitrogens with one attached hydrogen (secondary N) is 1. The number of ether oxygens (including phenoxy) is 2. The normalized spacial score (nSPS) is 22.5. The second-order valence-corrected chi connectivity index (χ2v) is 6.06. The first-order valence-electron chi connectivity index (χ1n) is 7.26. The van der Waals surface area contributed by atoms with Crippen LogP contribution in [0.4, 0.5) is 0 Å². The summed E-state index contributed by atoms with van der Waals surface area (Å²) in [5, 5.41) is 3.53. The third-order valence-corrected chi connectivity index (χ3v) is 3.92. The Balaban J connectivity index is 1.82. The van der Waals surface area contributed by atoms with Gasteiger partial charge in [0, 0.05) is 31.2 Å². The van der Waals surface area contributed by atoms with Gasteiger partial charge in [0.05, 0.1) is 7.11 Å². The van der Waals surface area contributed by atoms with E-state index in [9.17, 15) is 0 Å². The predicted octanol–water partition coefficient (Wildman–Crippen LogP) is 2.15. The van der Waals surface area contributed by atoms with Gasteiger partial charge in [-0.05, 0) is 45.0 Å². The molecule has 1 saturated heterocycles. The highest BCUT2D eigenvalue weighted by Crippen LogP contribution is 2.19. The van der Waals surface area contributed by atoms with Crippen LogP contribution < -0.4 is 14.8 Å². The largest absolute Gasteiger partial charge is 0.497 e. The number of methoxy groups -OCH3 is 1. The van der Waals surface area contributed by atoms with Crippen LogP contribution in [0.2, 0.25) is 0 Å². The first-order valence-corrected chi connectivity index (χ1v) is 7.26. The molecule has 1 N–H and O–H groups in total. The summed E-state index contributed by atoms with van der Waals surface area (Å²) in [6.07, 6.45) is 0. The van der Waals surface area contributed by atoms with Crippen LogP contribution in [0.5, 0.6) is 11.5 Å². The molecule has 0 radical (unpaired) electrons. The van der Waals surface area contributed by atoms with Crippen molar-refractivity contribution in [2.24, 2.45) is 0 Å². The Bertz CT molecular complexity index is 417. The van der Waals surface area contributed by atoms with Gasteiger partial charge >= 0.3 is 0 Å². The van der Waals surface area contributed by atoms with E-state index in [1.807, 2.05) is 24.3 Å². The number of nitrogens with zero attached hydrogens (tertiary/aromatic N) is 1. The van der Waals surface area contributed by atoms with Crippen molar-refractivity contribution in [3.8, 4) is 11.5 Å². The van der Waals surface area contributed by atoms with E-state index in [2.05, 4.69) is 31.0 Å². The van der Waals surface area contributed by atoms with Crippen molar-refractivity contribution in [1.82, 2.24) is 10.2 Å². The van der Waals surface area contributed by atoms with Crippen molar-refractivity contribution in [1.29, 1.82) is 0 Å². The van der Waals surface area contributed by atoms with Crippen LogP contribution in [0.15, 0.2) is 24.3 Å². The van der Waals surface area contributed by atoms with E-state index in [-0.39, 0.29) is 5.54 Å². The maximum atomic E-state index is 5.82. The van der Waals surface area contributed by atoms with Crippen molar-refractivity contribution >= 4 is 0 Å². The molecular weight excluding hydrogens is 252 g/mol. The van der Waals surface area contributed by atoms with Gasteiger partial charge in [-0.25, -0.2) is 0 Å². The van der Waals surface area contributed by atoms with Crippen LogP contribution in [0.1, 0.15) is 20.8 Å². The van der Waals surface area contributed by atoms with Crippen LogP contribution in [0.25, 0.3) is 0 Å². The van der Waals surface area contributed by atoms with Gasteiger partial charge in [-0.2, -0.15) is 0 Å². The lowest BCUT2D eigenvalue weighted by Gasteiger charge is -2.45. The lowest BCUT2D eigenvalue weighted by molar-refractivity contribution is 0.0565. The van der Waals surface area contributed by atoms with Gasteiger partial charge in [0.2, 0.25) is 0 Å². The summed E-state index contributed by atoms with van der Waals surface area (Å²) in [6, 6.07) is 8.29. The fraction of sp³-hybridized carbons (Fsp3) is 0.625. The molecule has 0 amide bonds. The summed E-state index contributed by atoms with van der Waals surface area (Å²) in [7, 11) is 1.67. The van der Waals surface area contributed by atoms with E-state index in [0.29, 0.717) is 12.6 Å². The molecule has 1 fully saturated rings. The maximum absolute atomic E-state index is 5.82. The van der Waals surface area contributed by atoms with Crippen molar-refractivity contribution < 1.29 is 9.47 Å². The lowest BCUT2D eigenvalue weighted by Crippen LogP contribution is -2.61. The molecule has 1 aromatic rings. The Hall–Kier alpha value is -1.26. The Kier molecular flexibility index (Phi) is 4.89.